The summed E-state index contributed by atoms with van der Waals surface area (Å²) in [6.07, 6.45) is 0. The van der Waals surface area contributed by atoms with E-state index in [0.717, 1.165) is 18.2 Å². The maximum Gasteiger partial charge on any atom is 0.270 e. The van der Waals surface area contributed by atoms with Gasteiger partial charge in [-0.15, -0.1) is 0 Å². The molecule has 1 rings (SSSR count). The SMILES string of the molecule is CC(C)NCCNC(=O)c1cc([N+](=O)[O-])ccc1F. The molecule has 7 heteroatoms. The van der Waals surface area contributed by atoms with Crippen LogP contribution in [-0.2, 0) is 0 Å². The average molecular weight is 269 g/mol. The zero-order valence-corrected chi connectivity index (χ0v) is 10.8. The summed E-state index contributed by atoms with van der Waals surface area (Å²) in [5.74, 6) is -1.44. The van der Waals surface area contributed by atoms with Gasteiger partial charge in [-0.1, -0.05) is 13.8 Å². The van der Waals surface area contributed by atoms with Gasteiger partial charge in [-0.2, -0.15) is 0 Å². The number of rotatable bonds is 6. The number of hydrogen-bond donors (Lipinski definition) is 2. The second-order valence-electron chi connectivity index (χ2n) is 4.29. The number of nitro benzene ring substituents is 1. The van der Waals surface area contributed by atoms with Gasteiger partial charge in [-0.25, -0.2) is 4.39 Å². The largest absolute Gasteiger partial charge is 0.351 e. The van der Waals surface area contributed by atoms with Crippen molar-refractivity contribution in [3.63, 3.8) is 0 Å². The van der Waals surface area contributed by atoms with Gasteiger partial charge in [0.1, 0.15) is 5.82 Å². The number of nitrogens with one attached hydrogen (secondary N) is 2. The van der Waals surface area contributed by atoms with E-state index >= 15 is 0 Å². The zero-order chi connectivity index (χ0) is 14.4. The van der Waals surface area contributed by atoms with Crippen molar-refractivity contribution in [2.24, 2.45) is 0 Å². The lowest BCUT2D eigenvalue weighted by Crippen LogP contribution is -2.34. The number of benzene rings is 1. The first kappa shape index (κ1) is 15.0. The number of carbonyl (C=O) groups is 1. The van der Waals surface area contributed by atoms with Crippen LogP contribution < -0.4 is 10.6 Å². The average Bonchev–Trinajstić information content (AvgIpc) is 2.34. The second-order valence-corrected chi connectivity index (χ2v) is 4.29. The molecule has 2 N–H and O–H groups in total. The van der Waals surface area contributed by atoms with Crippen LogP contribution in [-0.4, -0.2) is 30.0 Å². The molecule has 0 aromatic heterocycles. The van der Waals surface area contributed by atoms with Crippen molar-refractivity contribution in [1.82, 2.24) is 10.6 Å². The molecule has 0 bridgehead atoms. The van der Waals surface area contributed by atoms with Crippen LogP contribution in [0.15, 0.2) is 18.2 Å². The van der Waals surface area contributed by atoms with Gasteiger partial charge in [0.15, 0.2) is 0 Å². The molecule has 104 valence electrons. The molecule has 1 amide bonds. The molecule has 19 heavy (non-hydrogen) atoms. The van der Waals surface area contributed by atoms with E-state index in [4.69, 9.17) is 0 Å². The van der Waals surface area contributed by atoms with E-state index < -0.39 is 16.6 Å². The third-order valence-corrected chi connectivity index (χ3v) is 2.37. The summed E-state index contributed by atoms with van der Waals surface area (Å²) in [6, 6.07) is 3.15. The van der Waals surface area contributed by atoms with Gasteiger partial charge < -0.3 is 10.6 Å². The van der Waals surface area contributed by atoms with Gasteiger partial charge in [0.05, 0.1) is 10.5 Å². The molecule has 1 aromatic rings. The summed E-state index contributed by atoms with van der Waals surface area (Å²) >= 11 is 0. The number of hydrogen-bond acceptors (Lipinski definition) is 4. The summed E-state index contributed by atoms with van der Waals surface area (Å²) in [5.41, 5.74) is -0.634. The van der Waals surface area contributed by atoms with Gasteiger partial charge >= 0.3 is 0 Å². The molecule has 0 spiro atoms. The van der Waals surface area contributed by atoms with Crippen molar-refractivity contribution in [2.75, 3.05) is 13.1 Å². The van der Waals surface area contributed by atoms with E-state index in [2.05, 4.69) is 10.6 Å². The Labute approximate surface area is 110 Å². The number of nitro groups is 1. The molecular formula is C12H16FN3O3. The second kappa shape index (κ2) is 6.79. The first-order valence-electron chi connectivity index (χ1n) is 5.87. The van der Waals surface area contributed by atoms with E-state index in [0.29, 0.717) is 13.1 Å². The zero-order valence-electron chi connectivity index (χ0n) is 10.8. The predicted molar refractivity (Wildman–Crippen MR) is 68.5 cm³/mol. The summed E-state index contributed by atoms with van der Waals surface area (Å²) in [6.45, 7) is 4.78. The standard InChI is InChI=1S/C12H16FN3O3/c1-8(2)14-5-6-15-12(17)10-7-9(16(18)19)3-4-11(10)13/h3-4,7-8,14H,5-6H2,1-2H3,(H,15,17). The Morgan fingerprint density at radius 3 is 2.68 bits per heavy atom. The number of non-ortho nitro benzene ring substituents is 1. The molecule has 0 aliphatic heterocycles. The third-order valence-electron chi connectivity index (χ3n) is 2.37. The van der Waals surface area contributed by atoms with E-state index in [9.17, 15) is 19.3 Å². The fourth-order valence-electron chi connectivity index (χ4n) is 1.43. The first-order valence-corrected chi connectivity index (χ1v) is 5.87. The van der Waals surface area contributed by atoms with Crippen molar-refractivity contribution >= 4 is 11.6 Å². The summed E-state index contributed by atoms with van der Waals surface area (Å²) in [7, 11) is 0. The highest BCUT2D eigenvalue weighted by Crippen LogP contribution is 2.16. The summed E-state index contributed by atoms with van der Waals surface area (Å²) in [5, 5.41) is 16.1. The molecule has 0 aliphatic carbocycles. The van der Waals surface area contributed by atoms with Crippen molar-refractivity contribution in [3.8, 4) is 0 Å². The highest BCUT2D eigenvalue weighted by Gasteiger charge is 2.16. The fraction of sp³-hybridized carbons (Fsp3) is 0.417. The topological polar surface area (TPSA) is 84.3 Å². The minimum absolute atomic E-state index is 0.284. The molecule has 0 saturated heterocycles. The Kier molecular flexibility index (Phi) is 5.37. The van der Waals surface area contributed by atoms with Gasteiger partial charge in [0, 0.05) is 31.3 Å². The molecule has 6 nitrogen and oxygen atoms in total. The third kappa shape index (κ3) is 4.63. The quantitative estimate of drug-likeness (QED) is 0.465. The number of amides is 1. The van der Waals surface area contributed by atoms with Crippen LogP contribution in [0.25, 0.3) is 0 Å². The van der Waals surface area contributed by atoms with Gasteiger partial charge in [-0.05, 0) is 6.07 Å². The van der Waals surface area contributed by atoms with Gasteiger partial charge in [0.2, 0.25) is 0 Å². The lowest BCUT2D eigenvalue weighted by molar-refractivity contribution is -0.384. The lowest BCUT2D eigenvalue weighted by atomic mass is 10.1. The molecule has 0 saturated carbocycles. The summed E-state index contributed by atoms with van der Waals surface area (Å²) < 4.78 is 13.4. The number of carbonyl (C=O) groups excluding carboxylic acids is 1. The van der Waals surface area contributed by atoms with Gasteiger partial charge in [-0.3, -0.25) is 14.9 Å². The first-order chi connectivity index (χ1) is 8.91. The lowest BCUT2D eigenvalue weighted by Gasteiger charge is -2.09. The van der Waals surface area contributed by atoms with E-state index in [1.807, 2.05) is 13.8 Å². The van der Waals surface area contributed by atoms with E-state index in [1.54, 1.807) is 0 Å². The van der Waals surface area contributed by atoms with Crippen molar-refractivity contribution in [3.05, 3.63) is 39.7 Å². The molecule has 0 atom stereocenters. The fourth-order valence-corrected chi connectivity index (χ4v) is 1.43. The minimum atomic E-state index is -0.778. The maximum absolute atomic E-state index is 13.4. The van der Waals surface area contributed by atoms with Gasteiger partial charge in [0.25, 0.3) is 11.6 Å². The van der Waals surface area contributed by atoms with E-state index in [1.165, 1.54) is 0 Å². The maximum atomic E-state index is 13.4. The molecule has 0 heterocycles. The van der Waals surface area contributed by atoms with Crippen molar-refractivity contribution in [2.45, 2.75) is 19.9 Å². The Balaban J connectivity index is 2.66. The van der Waals surface area contributed by atoms with Crippen LogP contribution in [0, 0.1) is 15.9 Å². The Hall–Kier alpha value is -2.02. The van der Waals surface area contributed by atoms with Crippen LogP contribution >= 0.6 is 0 Å². The van der Waals surface area contributed by atoms with Crippen LogP contribution in [0.2, 0.25) is 0 Å². The monoisotopic (exact) mass is 269 g/mol. The van der Waals surface area contributed by atoms with Crippen molar-refractivity contribution in [1.29, 1.82) is 0 Å². The predicted octanol–water partition coefficient (Wildman–Crippen LogP) is 1.46. The smallest absolute Gasteiger partial charge is 0.270 e. The molecule has 0 radical (unpaired) electrons. The molecule has 0 unspecified atom stereocenters. The molecule has 1 aromatic carbocycles. The highest BCUT2D eigenvalue weighted by molar-refractivity contribution is 5.95. The van der Waals surface area contributed by atoms with Crippen LogP contribution in [0.4, 0.5) is 10.1 Å². The van der Waals surface area contributed by atoms with E-state index in [-0.39, 0.29) is 17.3 Å². The highest BCUT2D eigenvalue weighted by atomic mass is 19.1. The number of halogens is 1. The van der Waals surface area contributed by atoms with Crippen molar-refractivity contribution < 1.29 is 14.1 Å². The Morgan fingerprint density at radius 1 is 1.42 bits per heavy atom. The normalized spacial score (nSPS) is 10.5. The molecule has 0 fully saturated rings. The van der Waals surface area contributed by atoms with Crippen LogP contribution in [0.5, 0.6) is 0 Å². The van der Waals surface area contributed by atoms with Crippen LogP contribution in [0.3, 0.4) is 0 Å². The Morgan fingerprint density at radius 2 is 2.11 bits per heavy atom. The molecule has 0 aliphatic rings. The summed E-state index contributed by atoms with van der Waals surface area (Å²) in [4.78, 5) is 21.6. The van der Waals surface area contributed by atoms with Crippen LogP contribution in [0.1, 0.15) is 24.2 Å². The Bertz CT molecular complexity index is 477. The minimum Gasteiger partial charge on any atom is -0.351 e. The molecular weight excluding hydrogens is 253 g/mol. The number of nitrogens with zero attached hydrogens (tertiary/aromatic N) is 1.